The predicted octanol–water partition coefficient (Wildman–Crippen LogP) is 2.27. The lowest BCUT2D eigenvalue weighted by molar-refractivity contribution is -0.111. The molecule has 2 nitrogen and oxygen atoms in total. The van der Waals surface area contributed by atoms with Crippen LogP contribution in [0, 0.1) is 0 Å². The fourth-order valence-corrected chi connectivity index (χ4v) is 1.42. The summed E-state index contributed by atoms with van der Waals surface area (Å²) in [6, 6.07) is 0. The van der Waals surface area contributed by atoms with Gasteiger partial charge in [-0.25, -0.2) is 0 Å². The Morgan fingerprint density at radius 1 is 1.46 bits per heavy atom. The van der Waals surface area contributed by atoms with E-state index in [4.69, 9.17) is 5.11 Å². The van der Waals surface area contributed by atoms with Crippen LogP contribution in [0.1, 0.15) is 12.8 Å². The van der Waals surface area contributed by atoms with Crippen molar-refractivity contribution < 1.29 is 9.90 Å². The van der Waals surface area contributed by atoms with Gasteiger partial charge in [-0.05, 0) is 12.5 Å². The zero-order valence-corrected chi connectivity index (χ0v) is 8.35. The Kier molecular flexibility index (Phi) is 7.35. The van der Waals surface area contributed by atoms with Crippen LogP contribution in [-0.2, 0) is 4.79 Å². The molecule has 0 aromatic heterocycles. The first kappa shape index (κ1) is 12.2. The summed E-state index contributed by atoms with van der Waals surface area (Å²) in [5.74, 6) is 0. The maximum absolute atomic E-state index is 11.2. The van der Waals surface area contributed by atoms with Crippen LogP contribution in [0.25, 0.3) is 0 Å². The Labute approximate surface area is 83.0 Å². The minimum Gasteiger partial charge on any atom is -0.396 e. The molecule has 72 valence electrons. The van der Waals surface area contributed by atoms with Crippen molar-refractivity contribution in [1.29, 1.82) is 0 Å². The fraction of sp³-hybridized carbons (Fsp3) is 0.300. The van der Waals surface area contributed by atoms with Crippen LogP contribution in [0.3, 0.4) is 0 Å². The molecule has 0 radical (unpaired) electrons. The summed E-state index contributed by atoms with van der Waals surface area (Å²) < 4.78 is 0. The molecule has 0 unspecified atom stereocenters. The van der Waals surface area contributed by atoms with Gasteiger partial charge >= 0.3 is 0 Å². The summed E-state index contributed by atoms with van der Waals surface area (Å²) in [4.78, 5) is 12.0. The molecule has 0 aliphatic carbocycles. The topological polar surface area (TPSA) is 37.3 Å². The zero-order valence-electron chi connectivity index (χ0n) is 7.53. The van der Waals surface area contributed by atoms with Gasteiger partial charge in [-0.1, -0.05) is 37.1 Å². The third kappa shape index (κ3) is 6.37. The maximum atomic E-state index is 11.2. The smallest absolute Gasteiger partial charge is 0.193 e. The molecule has 0 aliphatic rings. The summed E-state index contributed by atoms with van der Waals surface area (Å²) in [6.07, 6.45) is 5.87. The van der Waals surface area contributed by atoms with E-state index in [9.17, 15) is 4.79 Å². The number of allylic oxidation sites excluding steroid dienone is 3. The van der Waals surface area contributed by atoms with Crippen LogP contribution in [0.15, 0.2) is 36.3 Å². The van der Waals surface area contributed by atoms with Crippen LogP contribution in [0.4, 0.5) is 0 Å². The molecule has 0 aromatic rings. The lowest BCUT2D eigenvalue weighted by Gasteiger charge is -1.98. The highest BCUT2D eigenvalue weighted by Crippen LogP contribution is 2.19. The summed E-state index contributed by atoms with van der Waals surface area (Å²) in [7, 11) is 0. The van der Waals surface area contributed by atoms with Crippen LogP contribution >= 0.6 is 11.8 Å². The molecule has 0 saturated heterocycles. The monoisotopic (exact) mass is 198 g/mol. The number of aliphatic hydroxyl groups is 1. The number of rotatable bonds is 6. The summed E-state index contributed by atoms with van der Waals surface area (Å²) in [6.45, 7) is 7.16. The maximum Gasteiger partial charge on any atom is 0.193 e. The van der Waals surface area contributed by atoms with Gasteiger partial charge in [0.05, 0.1) is 0 Å². The summed E-state index contributed by atoms with van der Waals surface area (Å²) >= 11 is 1.13. The van der Waals surface area contributed by atoms with Crippen molar-refractivity contribution in [1.82, 2.24) is 0 Å². The Morgan fingerprint density at radius 3 is 2.62 bits per heavy atom. The van der Waals surface area contributed by atoms with Crippen molar-refractivity contribution in [2.45, 2.75) is 12.8 Å². The van der Waals surface area contributed by atoms with E-state index in [1.165, 1.54) is 0 Å². The first-order valence-corrected chi connectivity index (χ1v) is 4.83. The van der Waals surface area contributed by atoms with E-state index < -0.39 is 0 Å². The van der Waals surface area contributed by atoms with Crippen molar-refractivity contribution in [3.05, 3.63) is 36.3 Å². The predicted molar refractivity (Wildman–Crippen MR) is 57.4 cm³/mol. The average Bonchev–Trinajstić information content (AvgIpc) is 2.14. The number of hydrogen-bond acceptors (Lipinski definition) is 3. The molecule has 13 heavy (non-hydrogen) atoms. The first-order valence-electron chi connectivity index (χ1n) is 4.01. The van der Waals surface area contributed by atoms with Gasteiger partial charge in [-0.2, -0.15) is 0 Å². The molecule has 0 heterocycles. The van der Waals surface area contributed by atoms with E-state index >= 15 is 0 Å². The number of thioether (sulfide) groups is 1. The lowest BCUT2D eigenvalue weighted by Crippen LogP contribution is -1.93. The second kappa shape index (κ2) is 7.83. The van der Waals surface area contributed by atoms with E-state index in [-0.39, 0.29) is 11.7 Å². The van der Waals surface area contributed by atoms with E-state index in [0.717, 1.165) is 16.7 Å². The molecule has 1 N–H and O–H groups in total. The lowest BCUT2D eigenvalue weighted by atomic mass is 10.3. The minimum atomic E-state index is 0.0436. The summed E-state index contributed by atoms with van der Waals surface area (Å²) in [5.41, 5.74) is 0. The Balaban J connectivity index is 3.94. The third-order valence-electron chi connectivity index (χ3n) is 1.25. The van der Waals surface area contributed by atoms with E-state index in [2.05, 4.69) is 13.2 Å². The molecule has 0 atom stereocenters. The van der Waals surface area contributed by atoms with Gasteiger partial charge in [0, 0.05) is 17.9 Å². The molecule has 0 saturated carbocycles. The summed E-state index contributed by atoms with van der Waals surface area (Å²) in [5, 5.41) is 8.54. The molecular formula is C10H14O2S. The number of aliphatic hydroxyl groups excluding tert-OH is 1. The molecule has 0 fully saturated rings. The minimum absolute atomic E-state index is 0.0436. The van der Waals surface area contributed by atoms with Crippen LogP contribution < -0.4 is 0 Å². The van der Waals surface area contributed by atoms with Crippen molar-refractivity contribution in [2.75, 3.05) is 6.61 Å². The van der Waals surface area contributed by atoms with Crippen LogP contribution in [-0.4, -0.2) is 16.8 Å². The molecule has 0 aliphatic heterocycles. The van der Waals surface area contributed by atoms with Gasteiger partial charge in [-0.15, -0.1) is 0 Å². The third-order valence-corrected chi connectivity index (χ3v) is 2.22. The quantitative estimate of drug-likeness (QED) is 0.665. The number of carbonyl (C=O) groups excluding carboxylic acids is 1. The normalized spacial score (nSPS) is 11.0. The highest BCUT2D eigenvalue weighted by Gasteiger charge is 2.03. The second-order valence-electron chi connectivity index (χ2n) is 2.31. The Hall–Kier alpha value is -0.800. The Morgan fingerprint density at radius 2 is 2.15 bits per heavy atom. The standard InChI is InChI=1S/C10H14O2S/c1-3-6-9(4-2)13-10(12)7-5-8-11/h3-4,6,11H,1-2,5,7-8H2/b9-6+. The van der Waals surface area contributed by atoms with Crippen LogP contribution in [0.5, 0.6) is 0 Å². The highest BCUT2D eigenvalue weighted by molar-refractivity contribution is 8.17. The van der Waals surface area contributed by atoms with E-state index in [1.54, 1.807) is 18.2 Å². The molecule has 0 rings (SSSR count). The van der Waals surface area contributed by atoms with Gasteiger partial charge in [0.1, 0.15) is 0 Å². The zero-order chi connectivity index (χ0) is 10.1. The molecule has 0 aromatic carbocycles. The van der Waals surface area contributed by atoms with Crippen molar-refractivity contribution >= 4 is 16.9 Å². The van der Waals surface area contributed by atoms with Crippen LogP contribution in [0.2, 0.25) is 0 Å². The van der Waals surface area contributed by atoms with E-state index in [1.807, 2.05) is 0 Å². The molecule has 3 heteroatoms. The van der Waals surface area contributed by atoms with Gasteiger partial charge < -0.3 is 5.11 Å². The van der Waals surface area contributed by atoms with Gasteiger partial charge in [0.2, 0.25) is 0 Å². The molecule has 0 spiro atoms. The van der Waals surface area contributed by atoms with Crippen molar-refractivity contribution in [3.63, 3.8) is 0 Å². The molecule has 0 bridgehead atoms. The van der Waals surface area contributed by atoms with Gasteiger partial charge in [-0.3, -0.25) is 4.79 Å². The molecule has 0 amide bonds. The Bertz CT molecular complexity index is 219. The SMILES string of the molecule is C=C/C=C(\C=C)SC(=O)CCCO. The van der Waals surface area contributed by atoms with Gasteiger partial charge in [0.15, 0.2) is 5.12 Å². The van der Waals surface area contributed by atoms with Gasteiger partial charge in [0.25, 0.3) is 0 Å². The van der Waals surface area contributed by atoms with E-state index in [0.29, 0.717) is 12.8 Å². The van der Waals surface area contributed by atoms with Crippen molar-refractivity contribution in [3.8, 4) is 0 Å². The highest BCUT2D eigenvalue weighted by atomic mass is 32.2. The molecular weight excluding hydrogens is 184 g/mol. The first-order chi connectivity index (χ1) is 6.24. The number of carbonyl (C=O) groups is 1. The fourth-order valence-electron chi connectivity index (χ4n) is 0.666. The number of hydrogen-bond donors (Lipinski definition) is 1. The average molecular weight is 198 g/mol. The second-order valence-corrected chi connectivity index (χ2v) is 3.44. The largest absolute Gasteiger partial charge is 0.396 e. The van der Waals surface area contributed by atoms with Crippen molar-refractivity contribution in [2.24, 2.45) is 0 Å².